The minimum absolute atomic E-state index is 0.0112. The fourth-order valence-electron chi connectivity index (χ4n) is 2.86. The van der Waals surface area contributed by atoms with Gasteiger partial charge in [-0.25, -0.2) is 0 Å². The van der Waals surface area contributed by atoms with E-state index in [1.54, 1.807) is 0 Å². The summed E-state index contributed by atoms with van der Waals surface area (Å²) >= 11 is 0. The second-order valence-corrected chi connectivity index (χ2v) is 6.35. The second-order valence-electron chi connectivity index (χ2n) is 6.35. The van der Waals surface area contributed by atoms with E-state index in [0.717, 1.165) is 35.9 Å². The van der Waals surface area contributed by atoms with Gasteiger partial charge in [-0.15, -0.1) is 0 Å². The summed E-state index contributed by atoms with van der Waals surface area (Å²) in [7, 11) is 0. The smallest absolute Gasteiger partial charge is 0.251 e. The molecule has 0 unspecified atom stereocenters. The van der Waals surface area contributed by atoms with Crippen LogP contribution in [-0.4, -0.2) is 22.1 Å². The zero-order valence-electron chi connectivity index (χ0n) is 13.1. The van der Waals surface area contributed by atoms with Gasteiger partial charge in [0.1, 0.15) is 0 Å². The van der Waals surface area contributed by atoms with Gasteiger partial charge in [-0.1, -0.05) is 29.8 Å². The summed E-state index contributed by atoms with van der Waals surface area (Å²) in [6.45, 7) is 2.09. The molecule has 0 atom stereocenters. The predicted octanol–water partition coefficient (Wildman–Crippen LogP) is 3.35. The maximum atomic E-state index is 12.2. The molecule has 0 aliphatic heterocycles. The zero-order valence-corrected chi connectivity index (χ0v) is 13.1. The van der Waals surface area contributed by atoms with Gasteiger partial charge in [0.05, 0.1) is 5.52 Å². The number of aryl methyl sites for hydroxylation is 1. The molecule has 0 bridgehead atoms. The SMILES string of the molecule is Cc1cccc(Cc2[nH]nc3ccc(C(=O)NC4CC4)cc23)c1. The lowest BCUT2D eigenvalue weighted by atomic mass is 10.0. The lowest BCUT2D eigenvalue weighted by Gasteiger charge is -2.04. The molecule has 4 rings (SSSR count). The molecule has 0 spiro atoms. The Morgan fingerprint density at radius 2 is 2.13 bits per heavy atom. The highest BCUT2D eigenvalue weighted by molar-refractivity contribution is 5.98. The first kappa shape index (κ1) is 14.0. The van der Waals surface area contributed by atoms with Crippen molar-refractivity contribution in [1.82, 2.24) is 15.5 Å². The number of amides is 1. The zero-order chi connectivity index (χ0) is 15.8. The van der Waals surface area contributed by atoms with Crippen molar-refractivity contribution in [1.29, 1.82) is 0 Å². The molecule has 2 aromatic carbocycles. The molecule has 0 radical (unpaired) electrons. The number of hydrogen-bond acceptors (Lipinski definition) is 2. The van der Waals surface area contributed by atoms with Crippen LogP contribution in [-0.2, 0) is 6.42 Å². The summed E-state index contributed by atoms with van der Waals surface area (Å²) in [6.07, 6.45) is 2.97. The number of benzene rings is 2. The Labute approximate surface area is 134 Å². The number of carbonyl (C=O) groups excluding carboxylic acids is 1. The van der Waals surface area contributed by atoms with Gasteiger partial charge in [-0.05, 0) is 43.5 Å². The molecule has 1 fully saturated rings. The Morgan fingerprint density at radius 1 is 1.26 bits per heavy atom. The lowest BCUT2D eigenvalue weighted by molar-refractivity contribution is 0.0951. The van der Waals surface area contributed by atoms with Gasteiger partial charge in [0.25, 0.3) is 5.91 Å². The average molecular weight is 305 g/mol. The van der Waals surface area contributed by atoms with Crippen LogP contribution in [0.4, 0.5) is 0 Å². The van der Waals surface area contributed by atoms with Crippen LogP contribution in [0.2, 0.25) is 0 Å². The topological polar surface area (TPSA) is 57.8 Å². The van der Waals surface area contributed by atoms with Crippen LogP contribution in [0.1, 0.15) is 40.0 Å². The van der Waals surface area contributed by atoms with Crippen molar-refractivity contribution in [3.8, 4) is 0 Å². The fourth-order valence-corrected chi connectivity index (χ4v) is 2.86. The number of aromatic amines is 1. The van der Waals surface area contributed by atoms with Crippen LogP contribution in [0.15, 0.2) is 42.5 Å². The van der Waals surface area contributed by atoms with Gasteiger partial charge < -0.3 is 5.32 Å². The number of rotatable bonds is 4. The van der Waals surface area contributed by atoms with Gasteiger partial charge in [0.2, 0.25) is 0 Å². The number of carbonyl (C=O) groups is 1. The summed E-state index contributed by atoms with van der Waals surface area (Å²) < 4.78 is 0. The van der Waals surface area contributed by atoms with E-state index in [1.165, 1.54) is 11.1 Å². The molecule has 1 saturated carbocycles. The van der Waals surface area contributed by atoms with Crippen molar-refractivity contribution in [2.75, 3.05) is 0 Å². The van der Waals surface area contributed by atoms with Crippen molar-refractivity contribution >= 4 is 16.8 Å². The van der Waals surface area contributed by atoms with E-state index >= 15 is 0 Å². The standard InChI is InChI=1S/C19H19N3O/c1-12-3-2-4-13(9-12)10-18-16-11-14(5-8-17(16)21-22-18)19(23)20-15-6-7-15/h2-5,8-9,11,15H,6-7,10H2,1H3,(H,20,23)(H,21,22). The molecule has 1 aromatic heterocycles. The van der Waals surface area contributed by atoms with Crippen molar-refractivity contribution < 1.29 is 4.79 Å². The lowest BCUT2D eigenvalue weighted by Crippen LogP contribution is -2.25. The molecule has 23 heavy (non-hydrogen) atoms. The van der Waals surface area contributed by atoms with Gasteiger partial charge in [-0.2, -0.15) is 5.10 Å². The Balaban J connectivity index is 1.65. The number of nitrogens with zero attached hydrogens (tertiary/aromatic N) is 1. The third kappa shape index (κ3) is 2.97. The molecule has 0 saturated heterocycles. The van der Waals surface area contributed by atoms with Gasteiger partial charge >= 0.3 is 0 Å². The minimum atomic E-state index is 0.0112. The predicted molar refractivity (Wildman–Crippen MR) is 90.6 cm³/mol. The van der Waals surface area contributed by atoms with Crippen LogP contribution in [0.5, 0.6) is 0 Å². The average Bonchev–Trinajstić information content (AvgIpc) is 3.27. The number of nitrogens with one attached hydrogen (secondary N) is 2. The quantitative estimate of drug-likeness (QED) is 0.776. The largest absolute Gasteiger partial charge is 0.349 e. The first-order valence-electron chi connectivity index (χ1n) is 8.02. The number of fused-ring (bicyclic) bond motifs is 1. The Hall–Kier alpha value is -2.62. The van der Waals surface area contributed by atoms with E-state index in [-0.39, 0.29) is 5.91 Å². The highest BCUT2D eigenvalue weighted by atomic mass is 16.1. The van der Waals surface area contributed by atoms with E-state index in [4.69, 9.17) is 0 Å². The van der Waals surface area contributed by atoms with E-state index in [1.807, 2.05) is 18.2 Å². The Kier molecular flexibility index (Phi) is 3.37. The highest BCUT2D eigenvalue weighted by Crippen LogP contribution is 2.23. The summed E-state index contributed by atoms with van der Waals surface area (Å²) in [5.74, 6) is 0.0112. The number of aromatic nitrogens is 2. The third-order valence-corrected chi connectivity index (χ3v) is 4.27. The van der Waals surface area contributed by atoms with E-state index in [9.17, 15) is 4.79 Å². The highest BCUT2D eigenvalue weighted by Gasteiger charge is 2.24. The van der Waals surface area contributed by atoms with Gasteiger partial charge in [0.15, 0.2) is 0 Å². The van der Waals surface area contributed by atoms with Crippen LogP contribution in [0.25, 0.3) is 10.9 Å². The van der Waals surface area contributed by atoms with Crippen molar-refractivity contribution in [2.24, 2.45) is 0 Å². The molecule has 1 aliphatic rings. The second kappa shape index (κ2) is 5.54. The number of hydrogen-bond donors (Lipinski definition) is 2. The molecule has 4 heteroatoms. The summed E-state index contributed by atoms with van der Waals surface area (Å²) in [5, 5.41) is 11.5. The van der Waals surface area contributed by atoms with Crippen LogP contribution in [0, 0.1) is 6.92 Å². The first-order chi connectivity index (χ1) is 11.2. The number of H-pyrrole nitrogens is 1. The van der Waals surface area contributed by atoms with Crippen LogP contribution in [0.3, 0.4) is 0 Å². The molecular formula is C19H19N3O. The third-order valence-electron chi connectivity index (χ3n) is 4.27. The maximum Gasteiger partial charge on any atom is 0.251 e. The minimum Gasteiger partial charge on any atom is -0.349 e. The summed E-state index contributed by atoms with van der Waals surface area (Å²) in [4.78, 5) is 12.2. The molecule has 1 amide bonds. The van der Waals surface area contributed by atoms with Crippen molar-refractivity contribution in [3.63, 3.8) is 0 Å². The molecule has 1 heterocycles. The van der Waals surface area contributed by atoms with Crippen molar-refractivity contribution in [2.45, 2.75) is 32.2 Å². The molecular weight excluding hydrogens is 286 g/mol. The maximum absolute atomic E-state index is 12.2. The monoisotopic (exact) mass is 305 g/mol. The van der Waals surface area contributed by atoms with Crippen molar-refractivity contribution in [3.05, 3.63) is 64.8 Å². The molecule has 4 nitrogen and oxygen atoms in total. The Bertz CT molecular complexity index is 877. The van der Waals surface area contributed by atoms with Gasteiger partial charge in [0, 0.05) is 29.1 Å². The van der Waals surface area contributed by atoms with Crippen LogP contribution < -0.4 is 5.32 Å². The fraction of sp³-hybridized carbons (Fsp3) is 0.263. The molecule has 1 aliphatic carbocycles. The first-order valence-corrected chi connectivity index (χ1v) is 8.02. The molecule has 3 aromatic rings. The summed E-state index contributed by atoms with van der Waals surface area (Å²) in [6, 6.07) is 14.5. The van der Waals surface area contributed by atoms with Gasteiger partial charge in [-0.3, -0.25) is 9.89 Å². The van der Waals surface area contributed by atoms with E-state index in [0.29, 0.717) is 11.6 Å². The Morgan fingerprint density at radius 3 is 2.91 bits per heavy atom. The normalized spacial score (nSPS) is 14.1. The van der Waals surface area contributed by atoms with Crippen LogP contribution >= 0.6 is 0 Å². The molecule has 116 valence electrons. The summed E-state index contributed by atoms with van der Waals surface area (Å²) in [5.41, 5.74) is 5.14. The van der Waals surface area contributed by atoms with E-state index in [2.05, 4.69) is 46.7 Å². The van der Waals surface area contributed by atoms with E-state index < -0.39 is 0 Å². The molecule has 2 N–H and O–H groups in total.